The highest BCUT2D eigenvalue weighted by Crippen LogP contribution is 2.21. The summed E-state index contributed by atoms with van der Waals surface area (Å²) in [6.07, 6.45) is 2.43. The topological polar surface area (TPSA) is 63.6 Å². The standard InChI is InChI=1S/C14H27N3O3S/c1-6-12(2)17(7-8-20-5)21(18,19)14-9-13(10-15-3)16(4)11-14/h9,11-12,15H,6-8,10H2,1-5H3. The smallest absolute Gasteiger partial charge is 0.244 e. The third-order valence-electron chi connectivity index (χ3n) is 3.65. The largest absolute Gasteiger partial charge is 0.383 e. The fourth-order valence-electron chi connectivity index (χ4n) is 2.17. The van der Waals surface area contributed by atoms with Crippen molar-refractivity contribution >= 4 is 10.0 Å². The predicted octanol–water partition coefficient (Wildman–Crippen LogP) is 1.18. The van der Waals surface area contributed by atoms with E-state index in [2.05, 4.69) is 5.32 Å². The lowest BCUT2D eigenvalue weighted by molar-refractivity contribution is 0.167. The molecule has 0 aliphatic rings. The van der Waals surface area contributed by atoms with Crippen LogP contribution in [0.25, 0.3) is 0 Å². The van der Waals surface area contributed by atoms with Gasteiger partial charge in [0.1, 0.15) is 4.90 Å². The summed E-state index contributed by atoms with van der Waals surface area (Å²) in [7, 11) is 1.77. The molecule has 122 valence electrons. The molecule has 7 heteroatoms. The Balaban J connectivity index is 3.12. The number of aryl methyl sites for hydroxylation is 1. The van der Waals surface area contributed by atoms with Gasteiger partial charge in [0.25, 0.3) is 0 Å². The number of rotatable bonds is 9. The van der Waals surface area contributed by atoms with Crippen LogP contribution in [0.15, 0.2) is 17.2 Å². The van der Waals surface area contributed by atoms with E-state index in [4.69, 9.17) is 4.74 Å². The number of nitrogens with one attached hydrogen (secondary N) is 1. The Morgan fingerprint density at radius 3 is 2.67 bits per heavy atom. The Hall–Kier alpha value is -0.890. The van der Waals surface area contributed by atoms with Crippen LogP contribution in [0.4, 0.5) is 0 Å². The molecule has 21 heavy (non-hydrogen) atoms. The van der Waals surface area contributed by atoms with Crippen LogP contribution in [0.5, 0.6) is 0 Å². The van der Waals surface area contributed by atoms with Gasteiger partial charge in [-0.25, -0.2) is 8.42 Å². The van der Waals surface area contributed by atoms with Crippen molar-refractivity contribution < 1.29 is 13.2 Å². The molecule has 1 N–H and O–H groups in total. The molecule has 0 saturated carbocycles. The summed E-state index contributed by atoms with van der Waals surface area (Å²) in [6.45, 7) is 5.29. The van der Waals surface area contributed by atoms with Gasteiger partial charge in [-0.05, 0) is 26.5 Å². The number of nitrogens with zero attached hydrogens (tertiary/aromatic N) is 2. The van der Waals surface area contributed by atoms with E-state index in [0.717, 1.165) is 12.1 Å². The second kappa shape index (κ2) is 7.93. The van der Waals surface area contributed by atoms with E-state index in [-0.39, 0.29) is 6.04 Å². The van der Waals surface area contributed by atoms with Gasteiger partial charge in [-0.3, -0.25) is 0 Å². The molecule has 1 rings (SSSR count). The van der Waals surface area contributed by atoms with Crippen LogP contribution in [0.1, 0.15) is 26.0 Å². The molecule has 0 aromatic carbocycles. The maximum atomic E-state index is 12.8. The Morgan fingerprint density at radius 2 is 2.14 bits per heavy atom. The van der Waals surface area contributed by atoms with Crippen LogP contribution >= 0.6 is 0 Å². The zero-order valence-electron chi connectivity index (χ0n) is 13.6. The van der Waals surface area contributed by atoms with Crippen molar-refractivity contribution in [2.75, 3.05) is 27.3 Å². The lowest BCUT2D eigenvalue weighted by Crippen LogP contribution is -2.40. The van der Waals surface area contributed by atoms with E-state index in [0.29, 0.717) is 24.6 Å². The van der Waals surface area contributed by atoms with Gasteiger partial charge < -0.3 is 14.6 Å². The minimum absolute atomic E-state index is 0.0573. The molecular formula is C14H27N3O3S. The van der Waals surface area contributed by atoms with E-state index in [1.54, 1.807) is 19.4 Å². The molecule has 0 aliphatic heterocycles. The van der Waals surface area contributed by atoms with Gasteiger partial charge >= 0.3 is 0 Å². The number of sulfonamides is 1. The van der Waals surface area contributed by atoms with Crippen LogP contribution in [0.3, 0.4) is 0 Å². The number of ether oxygens (including phenoxy) is 1. The highest BCUT2D eigenvalue weighted by Gasteiger charge is 2.29. The van der Waals surface area contributed by atoms with Gasteiger partial charge in [-0.1, -0.05) is 6.92 Å². The van der Waals surface area contributed by atoms with Gasteiger partial charge in [0.2, 0.25) is 10.0 Å². The molecule has 0 bridgehead atoms. The van der Waals surface area contributed by atoms with Crippen LogP contribution in [0.2, 0.25) is 0 Å². The first-order valence-electron chi connectivity index (χ1n) is 7.19. The molecule has 1 aromatic heterocycles. The first-order valence-corrected chi connectivity index (χ1v) is 8.63. The van der Waals surface area contributed by atoms with Crippen LogP contribution in [-0.4, -0.2) is 50.6 Å². The number of hydrogen-bond acceptors (Lipinski definition) is 4. The maximum Gasteiger partial charge on any atom is 0.244 e. The minimum atomic E-state index is -3.50. The van der Waals surface area contributed by atoms with Gasteiger partial charge in [0, 0.05) is 45.2 Å². The molecule has 0 fully saturated rings. The monoisotopic (exact) mass is 317 g/mol. The van der Waals surface area contributed by atoms with E-state index in [9.17, 15) is 8.42 Å². The molecule has 6 nitrogen and oxygen atoms in total. The van der Waals surface area contributed by atoms with Crippen LogP contribution < -0.4 is 5.32 Å². The molecule has 0 saturated heterocycles. The second-order valence-corrected chi connectivity index (χ2v) is 7.06. The second-order valence-electron chi connectivity index (χ2n) is 5.17. The first-order chi connectivity index (χ1) is 9.88. The maximum absolute atomic E-state index is 12.8. The SMILES string of the molecule is CCC(C)N(CCOC)S(=O)(=O)c1cc(CNC)n(C)c1. The lowest BCUT2D eigenvalue weighted by Gasteiger charge is -2.26. The predicted molar refractivity (Wildman–Crippen MR) is 83.7 cm³/mol. The van der Waals surface area contributed by atoms with Crippen LogP contribution in [-0.2, 0) is 28.4 Å². The van der Waals surface area contributed by atoms with Crippen molar-refractivity contribution in [3.8, 4) is 0 Å². The molecule has 1 heterocycles. The highest BCUT2D eigenvalue weighted by atomic mass is 32.2. The zero-order chi connectivity index (χ0) is 16.0. The summed E-state index contributed by atoms with van der Waals surface area (Å²) in [5.74, 6) is 0. The van der Waals surface area contributed by atoms with E-state index >= 15 is 0 Å². The van der Waals surface area contributed by atoms with Gasteiger partial charge in [0.15, 0.2) is 0 Å². The first kappa shape index (κ1) is 18.2. The quantitative estimate of drug-likeness (QED) is 0.743. The van der Waals surface area contributed by atoms with E-state index < -0.39 is 10.0 Å². The highest BCUT2D eigenvalue weighted by molar-refractivity contribution is 7.89. The molecule has 1 unspecified atom stereocenters. The summed E-state index contributed by atoms with van der Waals surface area (Å²) in [6, 6.07) is 1.67. The van der Waals surface area contributed by atoms with Gasteiger partial charge in [0.05, 0.1) is 6.61 Å². The molecule has 1 atom stereocenters. The zero-order valence-corrected chi connectivity index (χ0v) is 14.4. The molecule has 1 aromatic rings. The number of methoxy groups -OCH3 is 1. The molecule has 0 aliphatic carbocycles. The molecule has 0 amide bonds. The number of aromatic nitrogens is 1. The Morgan fingerprint density at radius 1 is 1.48 bits per heavy atom. The fourth-order valence-corrected chi connectivity index (χ4v) is 3.96. The van der Waals surface area contributed by atoms with Crippen molar-refractivity contribution in [2.24, 2.45) is 7.05 Å². The average molecular weight is 317 g/mol. The summed E-state index contributed by atoms with van der Waals surface area (Å²) < 4.78 is 34.1. The molecule has 0 radical (unpaired) electrons. The van der Waals surface area contributed by atoms with Crippen molar-refractivity contribution in [3.05, 3.63) is 18.0 Å². The van der Waals surface area contributed by atoms with Crippen LogP contribution in [0, 0.1) is 0 Å². The summed E-state index contributed by atoms with van der Waals surface area (Å²) >= 11 is 0. The Bertz CT molecular complexity index is 540. The third-order valence-corrected chi connectivity index (χ3v) is 5.62. The average Bonchev–Trinajstić information content (AvgIpc) is 2.81. The van der Waals surface area contributed by atoms with E-state index in [1.807, 2.05) is 32.5 Å². The lowest BCUT2D eigenvalue weighted by atomic mass is 10.3. The summed E-state index contributed by atoms with van der Waals surface area (Å²) in [5, 5.41) is 3.04. The normalized spacial score (nSPS) is 13.8. The van der Waals surface area contributed by atoms with Crippen molar-refractivity contribution in [2.45, 2.75) is 37.8 Å². The number of hydrogen-bond donors (Lipinski definition) is 1. The Labute approximate surface area is 128 Å². The van der Waals surface area contributed by atoms with Gasteiger partial charge in [-0.15, -0.1) is 0 Å². The van der Waals surface area contributed by atoms with Crippen molar-refractivity contribution in [1.29, 1.82) is 0 Å². The fraction of sp³-hybridized carbons (Fsp3) is 0.714. The minimum Gasteiger partial charge on any atom is -0.383 e. The van der Waals surface area contributed by atoms with Gasteiger partial charge in [-0.2, -0.15) is 4.31 Å². The Kier molecular flexibility index (Phi) is 6.86. The van der Waals surface area contributed by atoms with Crippen molar-refractivity contribution in [1.82, 2.24) is 14.2 Å². The van der Waals surface area contributed by atoms with Crippen molar-refractivity contribution in [3.63, 3.8) is 0 Å². The molecular weight excluding hydrogens is 290 g/mol. The molecule has 0 spiro atoms. The summed E-state index contributed by atoms with van der Waals surface area (Å²) in [4.78, 5) is 0.339. The van der Waals surface area contributed by atoms with E-state index in [1.165, 1.54) is 4.31 Å². The summed E-state index contributed by atoms with van der Waals surface area (Å²) in [5.41, 5.74) is 0.937. The third kappa shape index (κ3) is 4.29.